The van der Waals surface area contributed by atoms with Crippen molar-refractivity contribution in [1.82, 2.24) is 4.57 Å². The van der Waals surface area contributed by atoms with Crippen LogP contribution < -0.4 is 4.90 Å². The number of fused-ring (bicyclic) bond motifs is 6. The largest absolute Gasteiger partial charge is 0.310 e. The van der Waals surface area contributed by atoms with E-state index in [1.54, 1.807) is 24.3 Å². The lowest BCUT2D eigenvalue weighted by atomic mass is 9.94. The van der Waals surface area contributed by atoms with Crippen LogP contribution in [0.15, 0.2) is 279 Å². The standard InChI is InChI=1S/C68H46N2/c1-4-14-47(15-5-1)50-28-36-57(37-29-50)69(58-38-30-51(31-39-58)48-16-6-2-7-17-48)66-45-43-60(62-22-12-13-23-63(62)66)55-26-24-53(25-27-55)56-35-44-67-65(46-56)64-42-34-54-20-10-11-21-61(54)68(64)70(67)59-40-32-52(33-41-59)49-18-8-3-9-19-49/h1-46H/i1D,2D,4D,5D,6D,7D,14D,15D,16D,17D. The van der Waals surface area contributed by atoms with Crippen LogP contribution in [0.2, 0.25) is 0 Å². The van der Waals surface area contributed by atoms with Crippen molar-refractivity contribution in [2.75, 3.05) is 4.90 Å². The summed E-state index contributed by atoms with van der Waals surface area (Å²) in [5.41, 5.74) is 13.3. The lowest BCUT2D eigenvalue weighted by molar-refractivity contribution is 1.19. The summed E-state index contributed by atoms with van der Waals surface area (Å²) < 4.78 is 86.6. The number of benzene rings is 12. The molecule has 0 saturated heterocycles. The molecule has 0 aliphatic carbocycles. The zero-order valence-electron chi connectivity index (χ0n) is 47.7. The minimum atomic E-state index is -0.460. The maximum atomic E-state index is 8.66. The molecular weight excluding hydrogens is 845 g/mol. The van der Waals surface area contributed by atoms with Gasteiger partial charge in [0, 0.05) is 38.6 Å². The highest BCUT2D eigenvalue weighted by molar-refractivity contribution is 6.19. The number of hydrogen-bond acceptors (Lipinski definition) is 1. The summed E-state index contributed by atoms with van der Waals surface area (Å²) in [6.45, 7) is 0. The molecule has 13 aromatic rings. The van der Waals surface area contributed by atoms with Crippen LogP contribution >= 0.6 is 0 Å². The molecule has 0 saturated carbocycles. The Hall–Kier alpha value is -9.24. The average Bonchev–Trinajstić information content (AvgIpc) is 3.87. The molecule has 1 aromatic heterocycles. The molecule has 2 nitrogen and oxygen atoms in total. The van der Waals surface area contributed by atoms with Crippen molar-refractivity contribution >= 4 is 60.4 Å². The Morgan fingerprint density at radius 3 is 1.47 bits per heavy atom. The van der Waals surface area contributed by atoms with E-state index in [2.05, 4.69) is 161 Å². The predicted octanol–water partition coefficient (Wildman–Crippen LogP) is 18.9. The van der Waals surface area contributed by atoms with Gasteiger partial charge in [0.25, 0.3) is 0 Å². The average molecular weight is 901 g/mol. The van der Waals surface area contributed by atoms with Gasteiger partial charge < -0.3 is 9.47 Å². The Kier molecular flexibility index (Phi) is 7.89. The molecular formula is C68H46N2. The number of rotatable bonds is 9. The second kappa shape index (κ2) is 17.4. The highest BCUT2D eigenvalue weighted by Crippen LogP contribution is 2.44. The molecule has 1 heterocycles. The van der Waals surface area contributed by atoms with Crippen LogP contribution in [-0.4, -0.2) is 4.57 Å². The smallest absolute Gasteiger partial charge is 0.0629 e. The maximum absolute atomic E-state index is 8.66. The molecule has 0 amide bonds. The van der Waals surface area contributed by atoms with E-state index >= 15 is 0 Å². The zero-order chi connectivity index (χ0) is 55.1. The summed E-state index contributed by atoms with van der Waals surface area (Å²) in [7, 11) is 0. The van der Waals surface area contributed by atoms with Gasteiger partial charge in [0.05, 0.1) is 30.4 Å². The highest BCUT2D eigenvalue weighted by atomic mass is 15.1. The van der Waals surface area contributed by atoms with Crippen LogP contribution in [0.5, 0.6) is 0 Å². The molecule has 2 heteroatoms. The van der Waals surface area contributed by atoms with Gasteiger partial charge in [-0.25, -0.2) is 0 Å². The Morgan fingerprint density at radius 1 is 0.314 bits per heavy atom. The van der Waals surface area contributed by atoms with Gasteiger partial charge in [-0.15, -0.1) is 0 Å². The topological polar surface area (TPSA) is 8.17 Å². The summed E-state index contributed by atoms with van der Waals surface area (Å²) in [5, 5.41) is 6.64. The molecule has 0 aliphatic heterocycles. The van der Waals surface area contributed by atoms with Crippen LogP contribution in [0.1, 0.15) is 13.7 Å². The number of hydrogen-bond donors (Lipinski definition) is 0. The third-order valence-corrected chi connectivity index (χ3v) is 13.4. The molecule has 328 valence electrons. The van der Waals surface area contributed by atoms with Crippen LogP contribution in [0.3, 0.4) is 0 Å². The van der Waals surface area contributed by atoms with Crippen LogP contribution in [-0.2, 0) is 0 Å². The zero-order valence-corrected chi connectivity index (χ0v) is 37.7. The molecule has 12 aromatic carbocycles. The van der Waals surface area contributed by atoms with Gasteiger partial charge in [0.1, 0.15) is 0 Å². The van der Waals surface area contributed by atoms with E-state index in [0.29, 0.717) is 22.5 Å². The fraction of sp³-hybridized carbons (Fsp3) is 0. The molecule has 0 spiro atoms. The highest BCUT2D eigenvalue weighted by Gasteiger charge is 2.20. The first-order valence-corrected chi connectivity index (χ1v) is 23.3. The monoisotopic (exact) mass is 900 g/mol. The predicted molar refractivity (Wildman–Crippen MR) is 298 cm³/mol. The normalized spacial score (nSPS) is 13.4. The quantitative estimate of drug-likeness (QED) is 0.140. The van der Waals surface area contributed by atoms with Crippen molar-refractivity contribution in [3.05, 3.63) is 279 Å². The molecule has 0 N–H and O–H groups in total. The van der Waals surface area contributed by atoms with Gasteiger partial charge in [-0.1, -0.05) is 224 Å². The van der Waals surface area contributed by atoms with Gasteiger partial charge in [-0.2, -0.15) is 0 Å². The van der Waals surface area contributed by atoms with Crippen LogP contribution in [0, 0.1) is 0 Å². The second-order valence-corrected chi connectivity index (χ2v) is 17.3. The summed E-state index contributed by atoms with van der Waals surface area (Å²) in [6.07, 6.45) is 0. The second-order valence-electron chi connectivity index (χ2n) is 17.3. The fourth-order valence-corrected chi connectivity index (χ4v) is 10.0. The summed E-state index contributed by atoms with van der Waals surface area (Å²) >= 11 is 0. The molecule has 0 bridgehead atoms. The Balaban J connectivity index is 0.892. The van der Waals surface area contributed by atoms with Gasteiger partial charge in [0.15, 0.2) is 0 Å². The number of aromatic nitrogens is 1. The van der Waals surface area contributed by atoms with Crippen molar-refractivity contribution in [1.29, 1.82) is 0 Å². The molecule has 13 rings (SSSR count). The first kappa shape index (κ1) is 31.7. The van der Waals surface area contributed by atoms with Gasteiger partial charge in [0.2, 0.25) is 0 Å². The van der Waals surface area contributed by atoms with E-state index in [9.17, 15) is 0 Å². The Bertz CT molecular complexity index is 4450. The van der Waals surface area contributed by atoms with Crippen molar-refractivity contribution < 1.29 is 13.7 Å². The Labute approximate surface area is 422 Å². The minimum Gasteiger partial charge on any atom is -0.310 e. The summed E-state index contributed by atoms with van der Waals surface area (Å²) in [5.74, 6) is 0. The first-order valence-electron chi connectivity index (χ1n) is 28.3. The van der Waals surface area contributed by atoms with Gasteiger partial charge in [-0.05, 0) is 121 Å². The van der Waals surface area contributed by atoms with E-state index < -0.39 is 36.3 Å². The molecule has 0 radical (unpaired) electrons. The van der Waals surface area contributed by atoms with Crippen LogP contribution in [0.4, 0.5) is 17.1 Å². The van der Waals surface area contributed by atoms with Crippen LogP contribution in [0.25, 0.3) is 105 Å². The van der Waals surface area contributed by atoms with E-state index in [-0.39, 0.29) is 35.3 Å². The van der Waals surface area contributed by atoms with E-state index in [0.717, 1.165) is 55.3 Å². The lowest BCUT2D eigenvalue weighted by Gasteiger charge is -2.28. The molecule has 0 atom stereocenters. The summed E-state index contributed by atoms with van der Waals surface area (Å²) in [4.78, 5) is 2.06. The molecule has 70 heavy (non-hydrogen) atoms. The third-order valence-electron chi connectivity index (χ3n) is 13.4. The molecule has 0 aliphatic rings. The minimum absolute atomic E-state index is 0.0980. The maximum Gasteiger partial charge on any atom is 0.0629 e. The van der Waals surface area contributed by atoms with Crippen molar-refractivity contribution in [2.45, 2.75) is 0 Å². The first-order chi connectivity index (χ1) is 38.9. The van der Waals surface area contributed by atoms with Gasteiger partial charge in [-0.3, -0.25) is 0 Å². The SMILES string of the molecule is [2H]c1c([2H])c([2H])c(-c2ccc(N(c3ccc(-c4c([2H])c([2H])c([2H])c([2H])c4[2H])cc3)c3ccc(-c4ccc(-c5ccc6c(c5)c5ccc7ccccc7c5n6-c5ccc(-c6ccccc6)cc5)cc4)c4ccccc34)cc2)c([2H])c1[2H]. The van der Waals surface area contributed by atoms with Gasteiger partial charge >= 0.3 is 0 Å². The fourth-order valence-electron chi connectivity index (χ4n) is 10.0. The van der Waals surface area contributed by atoms with E-state index in [1.165, 1.54) is 32.8 Å². The van der Waals surface area contributed by atoms with E-state index in [4.69, 9.17) is 13.7 Å². The number of anilines is 3. The lowest BCUT2D eigenvalue weighted by Crippen LogP contribution is -2.10. The summed E-state index contributed by atoms with van der Waals surface area (Å²) in [6, 6.07) is 70.8. The number of nitrogens with zero attached hydrogens (tertiary/aromatic N) is 2. The molecule has 0 fully saturated rings. The van der Waals surface area contributed by atoms with Crippen molar-refractivity contribution in [2.24, 2.45) is 0 Å². The molecule has 0 unspecified atom stereocenters. The third kappa shape index (κ3) is 7.31. The van der Waals surface area contributed by atoms with Crippen molar-refractivity contribution in [3.8, 4) is 61.3 Å². The Morgan fingerprint density at radius 2 is 0.814 bits per heavy atom. The van der Waals surface area contributed by atoms with E-state index in [1.807, 2.05) is 42.5 Å². The van der Waals surface area contributed by atoms with Crippen molar-refractivity contribution in [3.63, 3.8) is 0 Å².